The number of nitrogens with one attached hydrogen (secondary N) is 2. The molecule has 0 unspecified atom stereocenters. The number of primary amides is 1. The highest BCUT2D eigenvalue weighted by Crippen LogP contribution is 2.31. The normalized spacial score (nSPS) is 20.4. The number of allylic oxidation sites excluding steroid dienone is 1. The highest BCUT2D eigenvalue weighted by molar-refractivity contribution is 5.98. The lowest BCUT2D eigenvalue weighted by Crippen LogP contribution is -2.43. The number of halogens is 1. The van der Waals surface area contributed by atoms with Crippen molar-refractivity contribution in [1.29, 1.82) is 0 Å². The summed E-state index contributed by atoms with van der Waals surface area (Å²) >= 11 is 0. The number of amides is 1. The van der Waals surface area contributed by atoms with Crippen LogP contribution in [0, 0.1) is 5.82 Å². The second-order valence-electron chi connectivity index (χ2n) is 7.92. The molecule has 4 rings (SSSR count). The molecule has 2 aromatic heterocycles. The van der Waals surface area contributed by atoms with Gasteiger partial charge in [-0.1, -0.05) is 19.4 Å². The number of anilines is 4. The standard InChI is InChI=1S/C22H26FN7O/c1-12-7-8-13-9-14(11-26-22(13)30(12)2)27-20-15(19(25)31)10-16(23)21(29-20)28-18-6-4-3-5-17(18)24/h7-11,17-18H,1,3-6,24H2,2H3,(H2,25,31)(H2,27,28,29)/t17-,18+/m0/s1. The molecule has 0 radical (unpaired) electrons. The highest BCUT2D eigenvalue weighted by atomic mass is 19.1. The van der Waals surface area contributed by atoms with Crippen LogP contribution in [0.3, 0.4) is 0 Å². The minimum atomic E-state index is -0.781. The van der Waals surface area contributed by atoms with Crippen LogP contribution in [0.1, 0.15) is 41.6 Å². The Bertz CT molecular complexity index is 1070. The number of aromatic nitrogens is 2. The van der Waals surface area contributed by atoms with E-state index in [4.69, 9.17) is 11.5 Å². The molecular weight excluding hydrogens is 397 g/mol. The van der Waals surface area contributed by atoms with E-state index >= 15 is 0 Å². The van der Waals surface area contributed by atoms with Crippen LogP contribution >= 0.6 is 0 Å². The minimum Gasteiger partial charge on any atom is -0.365 e. The lowest BCUT2D eigenvalue weighted by molar-refractivity contribution is 0.100. The van der Waals surface area contributed by atoms with Crippen molar-refractivity contribution >= 4 is 35.1 Å². The summed E-state index contributed by atoms with van der Waals surface area (Å²) in [4.78, 5) is 22.6. The van der Waals surface area contributed by atoms with Gasteiger partial charge in [0.15, 0.2) is 11.6 Å². The molecule has 2 atom stereocenters. The van der Waals surface area contributed by atoms with Gasteiger partial charge in [0, 0.05) is 30.4 Å². The van der Waals surface area contributed by atoms with E-state index in [1.54, 1.807) is 6.20 Å². The summed E-state index contributed by atoms with van der Waals surface area (Å²) in [7, 11) is 1.88. The molecule has 6 N–H and O–H groups in total. The van der Waals surface area contributed by atoms with Crippen LogP contribution in [0.2, 0.25) is 0 Å². The SMILES string of the molecule is C=C1C=Cc2cc(Nc3nc(N[C@@H]4CCCC[C@@H]4N)c(F)cc3C(N)=O)cnc2N1C. The summed E-state index contributed by atoms with van der Waals surface area (Å²) in [6.07, 6.45) is 9.19. The van der Waals surface area contributed by atoms with Gasteiger partial charge in [0.05, 0.1) is 17.4 Å². The minimum absolute atomic E-state index is 0.0386. The van der Waals surface area contributed by atoms with E-state index in [-0.39, 0.29) is 29.3 Å². The summed E-state index contributed by atoms with van der Waals surface area (Å²) in [6.45, 7) is 3.96. The fourth-order valence-corrected chi connectivity index (χ4v) is 3.90. The molecule has 162 valence electrons. The van der Waals surface area contributed by atoms with Gasteiger partial charge in [-0.2, -0.15) is 0 Å². The second kappa shape index (κ2) is 8.35. The third-order valence-electron chi connectivity index (χ3n) is 5.74. The molecular formula is C22H26FN7O. The maximum absolute atomic E-state index is 14.7. The van der Waals surface area contributed by atoms with Crippen LogP contribution in [-0.4, -0.2) is 35.0 Å². The lowest BCUT2D eigenvalue weighted by Gasteiger charge is -2.30. The third kappa shape index (κ3) is 4.22. The summed E-state index contributed by atoms with van der Waals surface area (Å²) < 4.78 is 14.7. The topological polar surface area (TPSA) is 122 Å². The highest BCUT2D eigenvalue weighted by Gasteiger charge is 2.24. The molecule has 0 spiro atoms. The van der Waals surface area contributed by atoms with Gasteiger partial charge in [0.2, 0.25) is 0 Å². The van der Waals surface area contributed by atoms with Gasteiger partial charge in [0.1, 0.15) is 11.6 Å². The van der Waals surface area contributed by atoms with Crippen LogP contribution < -0.4 is 27.0 Å². The van der Waals surface area contributed by atoms with Gasteiger partial charge in [0.25, 0.3) is 5.91 Å². The fraction of sp³-hybridized carbons (Fsp3) is 0.318. The Balaban J connectivity index is 1.65. The van der Waals surface area contributed by atoms with Crippen molar-refractivity contribution in [3.63, 3.8) is 0 Å². The molecule has 1 aliphatic carbocycles. The monoisotopic (exact) mass is 423 g/mol. The molecule has 31 heavy (non-hydrogen) atoms. The molecule has 3 heterocycles. The first-order chi connectivity index (χ1) is 14.8. The van der Waals surface area contributed by atoms with Crippen molar-refractivity contribution in [2.75, 3.05) is 22.6 Å². The van der Waals surface area contributed by atoms with E-state index in [1.807, 2.05) is 30.2 Å². The van der Waals surface area contributed by atoms with Crippen molar-refractivity contribution in [3.8, 4) is 0 Å². The fourth-order valence-electron chi connectivity index (χ4n) is 3.90. The van der Waals surface area contributed by atoms with E-state index in [1.165, 1.54) is 0 Å². The predicted molar refractivity (Wildman–Crippen MR) is 121 cm³/mol. The molecule has 8 nitrogen and oxygen atoms in total. The van der Waals surface area contributed by atoms with E-state index in [0.717, 1.165) is 48.8 Å². The number of fused-ring (bicyclic) bond motifs is 1. The van der Waals surface area contributed by atoms with Crippen LogP contribution in [0.15, 0.2) is 36.7 Å². The smallest absolute Gasteiger partial charge is 0.252 e. The zero-order valence-corrected chi connectivity index (χ0v) is 17.4. The summed E-state index contributed by atoms with van der Waals surface area (Å²) in [5.74, 6) is -0.480. The van der Waals surface area contributed by atoms with Gasteiger partial charge in [-0.05, 0) is 37.1 Å². The second-order valence-corrected chi connectivity index (χ2v) is 7.92. The van der Waals surface area contributed by atoms with Gasteiger partial charge >= 0.3 is 0 Å². The maximum atomic E-state index is 14.7. The van der Waals surface area contributed by atoms with Gasteiger partial charge in [-0.15, -0.1) is 0 Å². The molecule has 1 amide bonds. The average Bonchev–Trinajstić information content (AvgIpc) is 2.74. The lowest BCUT2D eigenvalue weighted by atomic mass is 9.91. The molecule has 0 aromatic carbocycles. The van der Waals surface area contributed by atoms with E-state index in [2.05, 4.69) is 27.2 Å². The first kappa shape index (κ1) is 20.8. The molecule has 2 aromatic rings. The molecule has 0 bridgehead atoms. The maximum Gasteiger partial charge on any atom is 0.252 e. The van der Waals surface area contributed by atoms with Crippen molar-refractivity contribution in [3.05, 3.63) is 53.6 Å². The summed E-state index contributed by atoms with van der Waals surface area (Å²) in [5.41, 5.74) is 13.9. The Labute approximate surface area is 180 Å². The molecule has 2 aliphatic rings. The Morgan fingerprint density at radius 2 is 2.03 bits per heavy atom. The Kier molecular flexibility index (Phi) is 5.60. The molecule has 1 saturated carbocycles. The molecule has 1 fully saturated rings. The largest absolute Gasteiger partial charge is 0.365 e. The van der Waals surface area contributed by atoms with E-state index in [9.17, 15) is 9.18 Å². The van der Waals surface area contributed by atoms with Crippen LogP contribution in [0.5, 0.6) is 0 Å². The number of nitrogens with zero attached hydrogens (tertiary/aromatic N) is 3. The Morgan fingerprint density at radius 1 is 1.26 bits per heavy atom. The van der Waals surface area contributed by atoms with E-state index in [0.29, 0.717) is 5.69 Å². The van der Waals surface area contributed by atoms with Crippen molar-refractivity contribution in [2.24, 2.45) is 11.5 Å². The number of carbonyl (C=O) groups is 1. The Morgan fingerprint density at radius 3 is 2.77 bits per heavy atom. The third-order valence-corrected chi connectivity index (χ3v) is 5.74. The average molecular weight is 423 g/mol. The van der Waals surface area contributed by atoms with Crippen molar-refractivity contribution in [2.45, 2.75) is 37.8 Å². The zero-order chi connectivity index (χ0) is 22.1. The quantitative estimate of drug-likeness (QED) is 0.583. The molecule has 9 heteroatoms. The number of rotatable bonds is 5. The summed E-state index contributed by atoms with van der Waals surface area (Å²) in [5, 5.41) is 6.16. The number of hydrogen-bond donors (Lipinski definition) is 4. The van der Waals surface area contributed by atoms with Crippen molar-refractivity contribution < 1.29 is 9.18 Å². The van der Waals surface area contributed by atoms with Crippen LogP contribution in [0.25, 0.3) is 6.08 Å². The van der Waals surface area contributed by atoms with Gasteiger partial charge in [-0.25, -0.2) is 14.4 Å². The first-order valence-corrected chi connectivity index (χ1v) is 10.2. The first-order valence-electron chi connectivity index (χ1n) is 10.2. The molecule has 0 saturated heterocycles. The van der Waals surface area contributed by atoms with Gasteiger partial charge in [-0.3, -0.25) is 4.79 Å². The number of carbonyl (C=O) groups excluding carboxylic acids is 1. The zero-order valence-electron chi connectivity index (χ0n) is 17.4. The number of hydrogen-bond acceptors (Lipinski definition) is 7. The Hall–Kier alpha value is -3.46. The van der Waals surface area contributed by atoms with Crippen LogP contribution in [-0.2, 0) is 0 Å². The number of pyridine rings is 2. The van der Waals surface area contributed by atoms with E-state index < -0.39 is 11.7 Å². The predicted octanol–water partition coefficient (Wildman–Crippen LogP) is 3.12. The van der Waals surface area contributed by atoms with Crippen LogP contribution in [0.4, 0.5) is 27.5 Å². The number of nitrogens with two attached hydrogens (primary N) is 2. The molecule has 1 aliphatic heterocycles. The van der Waals surface area contributed by atoms with Crippen molar-refractivity contribution in [1.82, 2.24) is 9.97 Å². The summed E-state index contributed by atoms with van der Waals surface area (Å²) in [6, 6.07) is 2.80. The van der Waals surface area contributed by atoms with Gasteiger partial charge < -0.3 is 27.0 Å². The number of likely N-dealkylation sites (N-methyl/N-ethyl adjacent to an activating group) is 1.